The summed E-state index contributed by atoms with van der Waals surface area (Å²) in [5, 5.41) is 10.9. The van der Waals surface area contributed by atoms with Crippen LogP contribution in [0.1, 0.15) is 12.0 Å². The van der Waals surface area contributed by atoms with Gasteiger partial charge in [-0.05, 0) is 18.1 Å². The van der Waals surface area contributed by atoms with E-state index < -0.39 is 5.97 Å². The van der Waals surface area contributed by atoms with Crippen LogP contribution in [0.2, 0.25) is 0 Å². The summed E-state index contributed by atoms with van der Waals surface area (Å²) in [5.41, 5.74) is 3.08. The number of para-hydroxylation sites is 1. The van der Waals surface area contributed by atoms with E-state index in [9.17, 15) is 4.79 Å². The predicted molar refractivity (Wildman–Crippen MR) is 69.6 cm³/mol. The Hall–Kier alpha value is -2.36. The van der Waals surface area contributed by atoms with E-state index in [1.165, 1.54) is 0 Å². The minimum atomic E-state index is -0.773. The SMILES string of the molecule is O=C(O)CCc1cccc2c1[nH]c1ccncc12. The smallest absolute Gasteiger partial charge is 0.303 e. The molecule has 3 aromatic rings. The first-order chi connectivity index (χ1) is 8.75. The minimum Gasteiger partial charge on any atom is -0.481 e. The number of H-pyrrole nitrogens is 1. The molecule has 0 saturated heterocycles. The average molecular weight is 240 g/mol. The van der Waals surface area contributed by atoms with E-state index in [4.69, 9.17) is 5.11 Å². The van der Waals surface area contributed by atoms with Crippen molar-refractivity contribution in [2.75, 3.05) is 0 Å². The fourth-order valence-corrected chi connectivity index (χ4v) is 2.27. The fourth-order valence-electron chi connectivity index (χ4n) is 2.27. The van der Waals surface area contributed by atoms with Gasteiger partial charge in [0.05, 0.1) is 0 Å². The van der Waals surface area contributed by atoms with Crippen molar-refractivity contribution in [3.8, 4) is 0 Å². The minimum absolute atomic E-state index is 0.146. The number of hydrogen-bond donors (Lipinski definition) is 2. The number of aromatic amines is 1. The molecule has 2 N–H and O–H groups in total. The van der Waals surface area contributed by atoms with Crippen molar-refractivity contribution in [1.29, 1.82) is 0 Å². The van der Waals surface area contributed by atoms with Gasteiger partial charge >= 0.3 is 5.97 Å². The molecule has 0 unspecified atom stereocenters. The normalized spacial score (nSPS) is 11.1. The van der Waals surface area contributed by atoms with Crippen molar-refractivity contribution < 1.29 is 9.90 Å². The number of aliphatic carboxylic acids is 1. The maximum Gasteiger partial charge on any atom is 0.303 e. The summed E-state index contributed by atoms with van der Waals surface area (Å²) in [6.45, 7) is 0. The highest BCUT2D eigenvalue weighted by Crippen LogP contribution is 2.27. The van der Waals surface area contributed by atoms with Crippen molar-refractivity contribution in [2.24, 2.45) is 0 Å². The first-order valence-corrected chi connectivity index (χ1v) is 5.81. The van der Waals surface area contributed by atoms with Crippen molar-refractivity contribution >= 4 is 27.8 Å². The number of carboxylic acid groups (broad SMARTS) is 1. The Labute approximate surface area is 103 Å². The molecule has 0 fully saturated rings. The van der Waals surface area contributed by atoms with Gasteiger partial charge in [0.15, 0.2) is 0 Å². The molecule has 0 aliphatic heterocycles. The Bertz CT molecular complexity index is 731. The molecule has 0 radical (unpaired) electrons. The van der Waals surface area contributed by atoms with E-state index >= 15 is 0 Å². The molecule has 4 heteroatoms. The van der Waals surface area contributed by atoms with Crippen LogP contribution in [-0.4, -0.2) is 21.0 Å². The maximum absolute atomic E-state index is 10.7. The van der Waals surface area contributed by atoms with Crippen LogP contribution in [0.5, 0.6) is 0 Å². The molecule has 0 bridgehead atoms. The Morgan fingerprint density at radius 3 is 3.00 bits per heavy atom. The number of hydrogen-bond acceptors (Lipinski definition) is 2. The van der Waals surface area contributed by atoms with Crippen molar-refractivity contribution in [1.82, 2.24) is 9.97 Å². The second kappa shape index (κ2) is 4.14. The second-order valence-corrected chi connectivity index (χ2v) is 4.28. The molecule has 0 saturated carbocycles. The molecule has 0 aliphatic carbocycles. The lowest BCUT2D eigenvalue weighted by Gasteiger charge is -2.00. The summed E-state index contributed by atoms with van der Waals surface area (Å²) >= 11 is 0. The molecule has 0 aliphatic rings. The molecule has 0 amide bonds. The molecule has 4 nitrogen and oxygen atoms in total. The third kappa shape index (κ3) is 1.72. The highest BCUT2D eigenvalue weighted by Gasteiger charge is 2.08. The molecule has 0 atom stereocenters. The van der Waals surface area contributed by atoms with Crippen LogP contribution in [0.3, 0.4) is 0 Å². The number of carboxylic acids is 1. The summed E-state index contributed by atoms with van der Waals surface area (Å²) in [6, 6.07) is 7.88. The highest BCUT2D eigenvalue weighted by atomic mass is 16.4. The van der Waals surface area contributed by atoms with E-state index in [1.807, 2.05) is 30.5 Å². The van der Waals surface area contributed by atoms with Crippen molar-refractivity contribution in [2.45, 2.75) is 12.8 Å². The zero-order valence-corrected chi connectivity index (χ0v) is 9.68. The summed E-state index contributed by atoms with van der Waals surface area (Å²) in [7, 11) is 0. The summed E-state index contributed by atoms with van der Waals surface area (Å²) < 4.78 is 0. The number of pyridine rings is 1. The van der Waals surface area contributed by atoms with Gasteiger partial charge in [-0.1, -0.05) is 18.2 Å². The van der Waals surface area contributed by atoms with Gasteiger partial charge in [0.1, 0.15) is 0 Å². The number of aryl methyl sites for hydroxylation is 1. The van der Waals surface area contributed by atoms with Crippen LogP contribution in [-0.2, 0) is 11.2 Å². The van der Waals surface area contributed by atoms with Gasteiger partial charge < -0.3 is 10.1 Å². The molecule has 2 heterocycles. The van der Waals surface area contributed by atoms with E-state index in [2.05, 4.69) is 9.97 Å². The monoisotopic (exact) mass is 240 g/mol. The molecular formula is C14H12N2O2. The number of nitrogens with zero attached hydrogens (tertiary/aromatic N) is 1. The third-order valence-electron chi connectivity index (χ3n) is 3.13. The standard InChI is InChI=1S/C14H12N2O2/c17-13(18)5-4-9-2-1-3-10-11-8-15-7-6-12(11)16-14(9)10/h1-3,6-8,16H,4-5H2,(H,17,18). The van der Waals surface area contributed by atoms with Gasteiger partial charge in [0.25, 0.3) is 0 Å². The lowest BCUT2D eigenvalue weighted by Crippen LogP contribution is -1.97. The number of carbonyl (C=O) groups is 1. The predicted octanol–water partition coefficient (Wildman–Crippen LogP) is 2.73. The number of nitrogens with one attached hydrogen (secondary N) is 1. The Morgan fingerprint density at radius 2 is 2.17 bits per heavy atom. The Morgan fingerprint density at radius 1 is 1.28 bits per heavy atom. The Kier molecular flexibility index (Phi) is 2.48. The summed E-state index contributed by atoms with van der Waals surface area (Å²) in [4.78, 5) is 18.1. The van der Waals surface area contributed by atoms with Gasteiger partial charge in [-0.15, -0.1) is 0 Å². The quantitative estimate of drug-likeness (QED) is 0.739. The first kappa shape index (κ1) is 10.8. The van der Waals surface area contributed by atoms with Crippen LogP contribution in [0.25, 0.3) is 21.8 Å². The van der Waals surface area contributed by atoms with Gasteiger partial charge in [-0.25, -0.2) is 0 Å². The fraction of sp³-hybridized carbons (Fsp3) is 0.143. The number of rotatable bonds is 3. The van der Waals surface area contributed by atoms with E-state index in [0.29, 0.717) is 6.42 Å². The highest BCUT2D eigenvalue weighted by molar-refractivity contribution is 6.07. The van der Waals surface area contributed by atoms with E-state index in [0.717, 1.165) is 27.4 Å². The summed E-state index contributed by atoms with van der Waals surface area (Å²) in [6.07, 6.45) is 4.25. The second-order valence-electron chi connectivity index (χ2n) is 4.28. The van der Waals surface area contributed by atoms with Crippen LogP contribution >= 0.6 is 0 Å². The largest absolute Gasteiger partial charge is 0.481 e. The van der Waals surface area contributed by atoms with Crippen molar-refractivity contribution in [3.63, 3.8) is 0 Å². The molecule has 1 aromatic carbocycles. The molecule has 90 valence electrons. The zero-order valence-electron chi connectivity index (χ0n) is 9.68. The van der Waals surface area contributed by atoms with E-state index in [1.54, 1.807) is 6.20 Å². The number of benzene rings is 1. The van der Waals surface area contributed by atoms with Crippen molar-refractivity contribution in [3.05, 3.63) is 42.2 Å². The van der Waals surface area contributed by atoms with Gasteiger partial charge in [-0.2, -0.15) is 0 Å². The van der Waals surface area contributed by atoms with Gasteiger partial charge in [0, 0.05) is 40.6 Å². The van der Waals surface area contributed by atoms with Gasteiger partial charge in [0.2, 0.25) is 0 Å². The lowest BCUT2D eigenvalue weighted by atomic mass is 10.1. The Balaban J connectivity index is 2.18. The first-order valence-electron chi connectivity index (χ1n) is 5.81. The third-order valence-corrected chi connectivity index (χ3v) is 3.13. The molecule has 2 aromatic heterocycles. The lowest BCUT2D eigenvalue weighted by molar-refractivity contribution is -0.136. The molecular weight excluding hydrogens is 228 g/mol. The zero-order chi connectivity index (χ0) is 12.5. The summed E-state index contributed by atoms with van der Waals surface area (Å²) in [5.74, 6) is -0.773. The number of fused-ring (bicyclic) bond motifs is 3. The van der Waals surface area contributed by atoms with E-state index in [-0.39, 0.29) is 6.42 Å². The topological polar surface area (TPSA) is 66.0 Å². The van der Waals surface area contributed by atoms with Crippen LogP contribution in [0, 0.1) is 0 Å². The molecule has 18 heavy (non-hydrogen) atoms. The van der Waals surface area contributed by atoms with Crippen LogP contribution < -0.4 is 0 Å². The molecule has 0 spiro atoms. The average Bonchev–Trinajstić information content (AvgIpc) is 2.75. The maximum atomic E-state index is 10.7. The van der Waals surface area contributed by atoms with Gasteiger partial charge in [-0.3, -0.25) is 9.78 Å². The van der Waals surface area contributed by atoms with Crippen LogP contribution in [0.4, 0.5) is 0 Å². The molecule has 3 rings (SSSR count). The van der Waals surface area contributed by atoms with Crippen LogP contribution in [0.15, 0.2) is 36.7 Å². The number of aromatic nitrogens is 2.